The highest BCUT2D eigenvalue weighted by atomic mass is 32.1. The van der Waals surface area contributed by atoms with Crippen LogP contribution in [0.1, 0.15) is 23.2 Å². The first-order valence-electron chi connectivity index (χ1n) is 8.99. The summed E-state index contributed by atoms with van der Waals surface area (Å²) in [6, 6.07) is 12.8. The van der Waals surface area contributed by atoms with E-state index in [1.807, 2.05) is 11.3 Å². The number of piperazine rings is 1. The molecule has 2 aromatic heterocycles. The van der Waals surface area contributed by atoms with Crippen molar-refractivity contribution in [1.29, 1.82) is 0 Å². The van der Waals surface area contributed by atoms with Crippen molar-refractivity contribution in [3.8, 4) is 0 Å². The highest BCUT2D eigenvalue weighted by Gasteiger charge is 2.20. The molecule has 0 spiro atoms. The Morgan fingerprint density at radius 3 is 2.52 bits per heavy atom. The summed E-state index contributed by atoms with van der Waals surface area (Å²) in [7, 11) is 2.19. The van der Waals surface area contributed by atoms with Crippen LogP contribution in [0.3, 0.4) is 0 Å². The first kappa shape index (κ1) is 16.5. The van der Waals surface area contributed by atoms with Crippen LogP contribution in [0, 0.1) is 0 Å². The summed E-state index contributed by atoms with van der Waals surface area (Å²) in [6.45, 7) is 6.45. The quantitative estimate of drug-likeness (QED) is 0.718. The maximum atomic E-state index is 5.00. The molecular weight excluding hydrogens is 328 g/mol. The van der Waals surface area contributed by atoms with E-state index in [1.54, 1.807) is 0 Å². The summed E-state index contributed by atoms with van der Waals surface area (Å²) in [6.07, 6.45) is 1.84. The number of hydrogen-bond donors (Lipinski definition) is 0. The van der Waals surface area contributed by atoms with Crippen LogP contribution in [0.15, 0.2) is 36.4 Å². The van der Waals surface area contributed by atoms with Crippen molar-refractivity contribution in [2.24, 2.45) is 0 Å². The van der Waals surface area contributed by atoms with Crippen LogP contribution in [-0.4, -0.2) is 48.1 Å². The molecule has 3 aromatic rings. The highest BCUT2D eigenvalue weighted by molar-refractivity contribution is 7.18. The predicted molar refractivity (Wildman–Crippen MR) is 106 cm³/mol. The van der Waals surface area contributed by atoms with Crippen molar-refractivity contribution in [3.05, 3.63) is 52.7 Å². The summed E-state index contributed by atoms with van der Waals surface area (Å²) in [5.74, 6) is 2.05. The van der Waals surface area contributed by atoms with Gasteiger partial charge < -0.3 is 9.80 Å². The zero-order valence-electron chi connectivity index (χ0n) is 14.9. The van der Waals surface area contributed by atoms with Gasteiger partial charge in [-0.1, -0.05) is 37.3 Å². The average molecular weight is 353 g/mol. The van der Waals surface area contributed by atoms with Crippen LogP contribution in [0.5, 0.6) is 0 Å². The number of aryl methyl sites for hydroxylation is 1. The molecule has 4 nitrogen and oxygen atoms in total. The fourth-order valence-electron chi connectivity index (χ4n) is 3.29. The lowest BCUT2D eigenvalue weighted by atomic mass is 10.1. The number of thiophene rings is 1. The number of nitrogens with zero attached hydrogens (tertiary/aromatic N) is 4. The van der Waals surface area contributed by atoms with Crippen molar-refractivity contribution < 1.29 is 0 Å². The van der Waals surface area contributed by atoms with Gasteiger partial charge in [-0.2, -0.15) is 0 Å². The number of hydrogen-bond acceptors (Lipinski definition) is 5. The van der Waals surface area contributed by atoms with Gasteiger partial charge >= 0.3 is 0 Å². The third-order valence-corrected chi connectivity index (χ3v) is 6.00. The second kappa shape index (κ2) is 7.10. The first-order chi connectivity index (χ1) is 12.2. The zero-order chi connectivity index (χ0) is 17.2. The van der Waals surface area contributed by atoms with E-state index in [-0.39, 0.29) is 0 Å². The summed E-state index contributed by atoms with van der Waals surface area (Å²) >= 11 is 1.81. The monoisotopic (exact) mass is 352 g/mol. The van der Waals surface area contributed by atoms with E-state index in [4.69, 9.17) is 9.97 Å². The molecule has 1 aromatic carbocycles. The van der Waals surface area contributed by atoms with E-state index < -0.39 is 0 Å². The standard InChI is InChI=1S/C20H24N4S/c1-3-16-14-17-19(24-11-9-23(2)10-12-24)21-18(22-20(17)25-16)13-15-7-5-4-6-8-15/h4-8,14H,3,9-13H2,1-2H3. The van der Waals surface area contributed by atoms with Crippen LogP contribution in [0.25, 0.3) is 10.2 Å². The molecule has 130 valence electrons. The van der Waals surface area contributed by atoms with Crippen LogP contribution < -0.4 is 4.90 Å². The normalized spacial score (nSPS) is 15.8. The van der Waals surface area contributed by atoms with Gasteiger partial charge in [0.05, 0.1) is 5.39 Å². The summed E-state index contributed by atoms with van der Waals surface area (Å²) < 4.78 is 0. The maximum absolute atomic E-state index is 5.00. The molecule has 5 heteroatoms. The third kappa shape index (κ3) is 3.53. The summed E-state index contributed by atoms with van der Waals surface area (Å²) in [5.41, 5.74) is 1.26. The smallest absolute Gasteiger partial charge is 0.141 e. The van der Waals surface area contributed by atoms with Crippen molar-refractivity contribution in [2.75, 3.05) is 38.1 Å². The molecule has 0 unspecified atom stereocenters. The molecule has 0 N–H and O–H groups in total. The lowest BCUT2D eigenvalue weighted by Gasteiger charge is -2.33. The van der Waals surface area contributed by atoms with E-state index in [2.05, 4.69) is 60.2 Å². The first-order valence-corrected chi connectivity index (χ1v) is 9.81. The number of benzene rings is 1. The Kier molecular flexibility index (Phi) is 4.68. The molecule has 0 saturated carbocycles. The number of rotatable bonds is 4. The molecule has 25 heavy (non-hydrogen) atoms. The molecule has 1 fully saturated rings. The molecule has 1 aliphatic rings. The Balaban J connectivity index is 1.74. The van der Waals surface area contributed by atoms with Crippen molar-refractivity contribution in [1.82, 2.24) is 14.9 Å². The average Bonchev–Trinajstić information content (AvgIpc) is 3.06. The Morgan fingerprint density at radius 2 is 1.80 bits per heavy atom. The second-order valence-corrected chi connectivity index (χ2v) is 7.82. The van der Waals surface area contributed by atoms with Gasteiger partial charge in [-0.3, -0.25) is 0 Å². The molecule has 0 bridgehead atoms. The van der Waals surface area contributed by atoms with E-state index in [1.165, 1.54) is 15.8 Å². The van der Waals surface area contributed by atoms with Crippen LogP contribution in [-0.2, 0) is 12.8 Å². The third-order valence-electron chi connectivity index (χ3n) is 4.83. The van der Waals surface area contributed by atoms with Gasteiger partial charge in [0, 0.05) is 37.5 Å². The summed E-state index contributed by atoms with van der Waals surface area (Å²) in [5, 5.41) is 1.23. The largest absolute Gasteiger partial charge is 0.353 e. The minimum Gasteiger partial charge on any atom is -0.353 e. The van der Waals surface area contributed by atoms with Gasteiger partial charge in [0.15, 0.2) is 0 Å². The number of anilines is 1. The number of fused-ring (bicyclic) bond motifs is 1. The molecule has 0 atom stereocenters. The molecule has 1 aliphatic heterocycles. The molecule has 1 saturated heterocycles. The van der Waals surface area contributed by atoms with Gasteiger partial charge in [0.25, 0.3) is 0 Å². The topological polar surface area (TPSA) is 32.3 Å². The summed E-state index contributed by atoms with van der Waals surface area (Å²) in [4.78, 5) is 17.2. The molecule has 0 aliphatic carbocycles. The van der Waals surface area contributed by atoms with E-state index >= 15 is 0 Å². The number of aromatic nitrogens is 2. The van der Waals surface area contributed by atoms with Crippen molar-refractivity contribution in [3.63, 3.8) is 0 Å². The van der Waals surface area contributed by atoms with Gasteiger partial charge in [0.1, 0.15) is 16.5 Å². The molecule has 4 rings (SSSR count). The van der Waals surface area contributed by atoms with Crippen LogP contribution >= 0.6 is 11.3 Å². The van der Waals surface area contributed by atoms with Crippen molar-refractivity contribution >= 4 is 27.4 Å². The maximum Gasteiger partial charge on any atom is 0.141 e. The SMILES string of the molecule is CCc1cc2c(N3CCN(C)CC3)nc(Cc3ccccc3)nc2s1. The van der Waals surface area contributed by atoms with Crippen molar-refractivity contribution in [2.45, 2.75) is 19.8 Å². The van der Waals surface area contributed by atoms with Crippen LogP contribution in [0.4, 0.5) is 5.82 Å². The lowest BCUT2D eigenvalue weighted by Crippen LogP contribution is -2.45. The predicted octanol–water partition coefficient (Wildman–Crippen LogP) is 3.60. The second-order valence-electron chi connectivity index (χ2n) is 6.70. The van der Waals surface area contributed by atoms with E-state index in [0.717, 1.165) is 55.5 Å². The Labute approximate surface area is 153 Å². The lowest BCUT2D eigenvalue weighted by molar-refractivity contribution is 0.312. The Hall–Kier alpha value is -1.98. The van der Waals surface area contributed by atoms with Crippen LogP contribution in [0.2, 0.25) is 0 Å². The molecule has 0 amide bonds. The fraction of sp³-hybridized carbons (Fsp3) is 0.400. The highest BCUT2D eigenvalue weighted by Crippen LogP contribution is 2.32. The van der Waals surface area contributed by atoms with E-state index in [9.17, 15) is 0 Å². The fourth-order valence-corrected chi connectivity index (χ4v) is 4.27. The molecule has 3 heterocycles. The number of likely N-dealkylation sites (N-methyl/N-ethyl adjacent to an activating group) is 1. The molecule has 0 radical (unpaired) electrons. The van der Waals surface area contributed by atoms with Gasteiger partial charge in [0.2, 0.25) is 0 Å². The minimum atomic E-state index is 0.789. The van der Waals surface area contributed by atoms with Gasteiger partial charge in [-0.15, -0.1) is 11.3 Å². The van der Waals surface area contributed by atoms with Gasteiger partial charge in [-0.25, -0.2) is 9.97 Å². The molecular formula is C20H24N4S. The zero-order valence-corrected chi connectivity index (χ0v) is 15.7. The van der Waals surface area contributed by atoms with E-state index in [0.29, 0.717) is 0 Å². The minimum absolute atomic E-state index is 0.789. The van der Waals surface area contributed by atoms with Gasteiger partial charge in [-0.05, 0) is 25.1 Å². The Bertz CT molecular complexity index is 851. The Morgan fingerprint density at radius 1 is 1.04 bits per heavy atom.